The molecule has 0 bridgehead atoms. The lowest BCUT2D eigenvalue weighted by atomic mass is 10.2. The maximum absolute atomic E-state index is 11.3. The van der Waals surface area contributed by atoms with Crippen LogP contribution in [-0.2, 0) is 11.3 Å². The summed E-state index contributed by atoms with van der Waals surface area (Å²) in [5, 5.41) is 23.7. The smallest absolute Gasteiger partial charge is 0.325 e. The molecule has 1 aromatic rings. The van der Waals surface area contributed by atoms with Gasteiger partial charge in [-0.05, 0) is 12.5 Å². The van der Waals surface area contributed by atoms with Crippen molar-refractivity contribution in [2.75, 3.05) is 0 Å². The molecule has 1 rings (SSSR count). The van der Waals surface area contributed by atoms with Crippen LogP contribution in [-0.4, -0.2) is 28.1 Å². The topological polar surface area (TPSA) is 122 Å². The molecule has 0 aromatic heterocycles. The van der Waals surface area contributed by atoms with Crippen molar-refractivity contribution in [3.05, 3.63) is 39.9 Å². The summed E-state index contributed by atoms with van der Waals surface area (Å²) in [5.41, 5.74) is 0.636. The van der Waals surface area contributed by atoms with Crippen LogP contribution in [0.3, 0.4) is 0 Å². The van der Waals surface area contributed by atoms with Crippen molar-refractivity contribution in [2.45, 2.75) is 19.5 Å². The predicted molar refractivity (Wildman–Crippen MR) is 65.6 cm³/mol. The average molecular weight is 267 g/mol. The van der Waals surface area contributed by atoms with Gasteiger partial charge < -0.3 is 15.7 Å². The number of nitro benzene ring substituents is 1. The van der Waals surface area contributed by atoms with Crippen molar-refractivity contribution in [2.24, 2.45) is 0 Å². The minimum Gasteiger partial charge on any atom is -0.480 e. The van der Waals surface area contributed by atoms with E-state index < -0.39 is 23.0 Å². The number of aliphatic carboxylic acids is 1. The third-order valence-corrected chi connectivity index (χ3v) is 2.32. The Labute approximate surface area is 108 Å². The molecule has 1 aromatic carbocycles. The number of benzene rings is 1. The normalized spacial score (nSPS) is 11.4. The zero-order chi connectivity index (χ0) is 14.4. The van der Waals surface area contributed by atoms with E-state index >= 15 is 0 Å². The highest BCUT2D eigenvalue weighted by Crippen LogP contribution is 2.11. The molecule has 0 heterocycles. The zero-order valence-corrected chi connectivity index (χ0v) is 10.1. The number of nitro groups is 1. The molecule has 0 spiro atoms. The van der Waals surface area contributed by atoms with Gasteiger partial charge in [-0.1, -0.05) is 12.1 Å². The monoisotopic (exact) mass is 267 g/mol. The minimum absolute atomic E-state index is 0.0345. The first-order valence-corrected chi connectivity index (χ1v) is 5.40. The lowest BCUT2D eigenvalue weighted by molar-refractivity contribution is -0.384. The van der Waals surface area contributed by atoms with Crippen molar-refractivity contribution >= 4 is 17.7 Å². The van der Waals surface area contributed by atoms with Gasteiger partial charge in [-0.2, -0.15) is 0 Å². The number of hydrogen-bond donors (Lipinski definition) is 3. The fraction of sp³-hybridized carbons (Fsp3) is 0.273. The number of urea groups is 1. The van der Waals surface area contributed by atoms with Crippen LogP contribution in [0.2, 0.25) is 0 Å². The Morgan fingerprint density at radius 2 is 1.95 bits per heavy atom. The minimum atomic E-state index is -1.13. The third-order valence-electron chi connectivity index (χ3n) is 2.32. The molecule has 2 amide bonds. The number of carbonyl (C=O) groups is 2. The number of carboxylic acids is 1. The Bertz CT molecular complexity index is 486. The zero-order valence-electron chi connectivity index (χ0n) is 10.1. The first-order valence-electron chi connectivity index (χ1n) is 5.40. The second-order valence-corrected chi connectivity index (χ2v) is 3.81. The van der Waals surface area contributed by atoms with Gasteiger partial charge in [0.25, 0.3) is 5.69 Å². The van der Waals surface area contributed by atoms with Gasteiger partial charge in [0.2, 0.25) is 0 Å². The van der Waals surface area contributed by atoms with Crippen LogP contribution in [0.25, 0.3) is 0 Å². The molecule has 8 heteroatoms. The summed E-state index contributed by atoms with van der Waals surface area (Å²) in [6.45, 7) is 1.49. The van der Waals surface area contributed by atoms with Crippen LogP contribution in [0.5, 0.6) is 0 Å². The van der Waals surface area contributed by atoms with Gasteiger partial charge in [0.1, 0.15) is 6.04 Å². The number of carboxylic acid groups (broad SMARTS) is 1. The van der Waals surface area contributed by atoms with Crippen LogP contribution in [0.1, 0.15) is 12.5 Å². The van der Waals surface area contributed by atoms with E-state index in [4.69, 9.17) is 5.11 Å². The average Bonchev–Trinajstić information content (AvgIpc) is 2.36. The van der Waals surface area contributed by atoms with Crippen LogP contribution in [0, 0.1) is 10.1 Å². The van der Waals surface area contributed by atoms with E-state index in [2.05, 4.69) is 10.6 Å². The number of carbonyl (C=O) groups excluding carboxylic acids is 1. The van der Waals surface area contributed by atoms with Gasteiger partial charge in [-0.3, -0.25) is 14.9 Å². The fourth-order valence-corrected chi connectivity index (χ4v) is 1.23. The molecule has 3 N–H and O–H groups in total. The summed E-state index contributed by atoms with van der Waals surface area (Å²) >= 11 is 0. The Morgan fingerprint density at radius 3 is 2.42 bits per heavy atom. The summed E-state index contributed by atoms with van der Waals surface area (Å²) in [5.74, 6) is -1.13. The van der Waals surface area contributed by atoms with E-state index in [1.54, 1.807) is 0 Å². The maximum Gasteiger partial charge on any atom is 0.325 e. The van der Waals surface area contributed by atoms with E-state index in [0.717, 1.165) is 0 Å². The number of non-ortho nitro benzene ring substituents is 1. The lowest BCUT2D eigenvalue weighted by Crippen LogP contribution is -2.44. The Morgan fingerprint density at radius 1 is 1.37 bits per heavy atom. The van der Waals surface area contributed by atoms with Gasteiger partial charge in [0.05, 0.1) is 4.92 Å². The fourth-order valence-electron chi connectivity index (χ4n) is 1.23. The standard InChI is InChI=1S/C11H13N3O5/c1-7(10(15)16)13-11(17)12-6-8-2-4-9(5-3-8)14(18)19/h2-5,7H,6H2,1H3,(H,15,16)(H2,12,13,17)/t7-/m1/s1. The molecule has 102 valence electrons. The second kappa shape index (κ2) is 6.34. The molecule has 8 nitrogen and oxygen atoms in total. The van der Waals surface area contributed by atoms with E-state index in [1.165, 1.54) is 31.2 Å². The number of hydrogen-bond acceptors (Lipinski definition) is 4. The van der Waals surface area contributed by atoms with Gasteiger partial charge in [0, 0.05) is 18.7 Å². The molecule has 0 aliphatic carbocycles. The summed E-state index contributed by atoms with van der Waals surface area (Å²) in [7, 11) is 0. The molecular weight excluding hydrogens is 254 g/mol. The molecule has 0 fully saturated rings. The quantitative estimate of drug-likeness (QED) is 0.539. The third kappa shape index (κ3) is 4.62. The molecule has 0 aliphatic rings. The van der Waals surface area contributed by atoms with Gasteiger partial charge in [0.15, 0.2) is 0 Å². The van der Waals surface area contributed by atoms with Gasteiger partial charge >= 0.3 is 12.0 Å². The van der Waals surface area contributed by atoms with Crippen LogP contribution >= 0.6 is 0 Å². The van der Waals surface area contributed by atoms with E-state index in [-0.39, 0.29) is 12.2 Å². The highest BCUT2D eigenvalue weighted by molar-refractivity contribution is 5.82. The molecule has 0 saturated heterocycles. The highest BCUT2D eigenvalue weighted by atomic mass is 16.6. The van der Waals surface area contributed by atoms with Crippen molar-refractivity contribution in [3.63, 3.8) is 0 Å². The van der Waals surface area contributed by atoms with Crippen LogP contribution in [0.15, 0.2) is 24.3 Å². The molecule has 0 radical (unpaired) electrons. The number of rotatable bonds is 5. The molecule has 0 saturated carbocycles. The van der Waals surface area contributed by atoms with Crippen molar-refractivity contribution in [1.29, 1.82) is 0 Å². The Hall–Kier alpha value is -2.64. The number of amides is 2. The van der Waals surface area contributed by atoms with E-state index in [1.807, 2.05) is 0 Å². The number of nitrogens with one attached hydrogen (secondary N) is 2. The summed E-state index contributed by atoms with van der Waals surface area (Å²) in [4.78, 5) is 31.7. The van der Waals surface area contributed by atoms with Gasteiger partial charge in [-0.15, -0.1) is 0 Å². The Balaban J connectivity index is 2.46. The van der Waals surface area contributed by atoms with Crippen LogP contribution in [0.4, 0.5) is 10.5 Å². The molecule has 19 heavy (non-hydrogen) atoms. The van der Waals surface area contributed by atoms with Crippen LogP contribution < -0.4 is 10.6 Å². The van der Waals surface area contributed by atoms with Gasteiger partial charge in [-0.25, -0.2) is 4.79 Å². The number of nitrogens with zero attached hydrogens (tertiary/aromatic N) is 1. The largest absolute Gasteiger partial charge is 0.480 e. The lowest BCUT2D eigenvalue weighted by Gasteiger charge is -2.10. The predicted octanol–water partition coefficient (Wildman–Crippen LogP) is 0.867. The van der Waals surface area contributed by atoms with E-state index in [0.29, 0.717) is 5.56 Å². The molecule has 0 aliphatic heterocycles. The SMILES string of the molecule is C[C@@H](NC(=O)NCc1ccc([N+](=O)[O-])cc1)C(=O)O. The summed E-state index contributed by atoms with van der Waals surface area (Å²) in [6, 6.07) is 4.08. The Kier molecular flexibility index (Phi) is 4.81. The van der Waals surface area contributed by atoms with Crippen molar-refractivity contribution in [3.8, 4) is 0 Å². The first-order chi connectivity index (χ1) is 8.90. The second-order valence-electron chi connectivity index (χ2n) is 3.81. The van der Waals surface area contributed by atoms with E-state index in [9.17, 15) is 19.7 Å². The first kappa shape index (κ1) is 14.4. The van der Waals surface area contributed by atoms with Crippen molar-refractivity contribution in [1.82, 2.24) is 10.6 Å². The molecule has 1 atom stereocenters. The summed E-state index contributed by atoms with van der Waals surface area (Å²) in [6.07, 6.45) is 0. The van der Waals surface area contributed by atoms with Crippen molar-refractivity contribution < 1.29 is 19.6 Å². The highest BCUT2D eigenvalue weighted by Gasteiger charge is 2.13. The maximum atomic E-state index is 11.3. The summed E-state index contributed by atoms with van der Waals surface area (Å²) < 4.78 is 0. The molecular formula is C11H13N3O5. The molecule has 0 unspecified atom stereocenters.